The molecular formula is C19H19BrN2O2. The average Bonchev–Trinajstić information content (AvgIpc) is 2.94. The maximum absolute atomic E-state index is 12.5. The van der Waals surface area contributed by atoms with Crippen molar-refractivity contribution in [3.8, 4) is 0 Å². The van der Waals surface area contributed by atoms with Crippen molar-refractivity contribution >= 4 is 39.1 Å². The van der Waals surface area contributed by atoms with E-state index in [4.69, 9.17) is 0 Å². The number of halogens is 1. The molecule has 1 N–H and O–H groups in total. The number of hydrogen-bond acceptors (Lipinski definition) is 2. The van der Waals surface area contributed by atoms with Crippen LogP contribution in [-0.4, -0.2) is 18.4 Å². The summed E-state index contributed by atoms with van der Waals surface area (Å²) < 4.78 is 0.956. The Kier molecular flexibility index (Phi) is 4.71. The number of carbonyl (C=O) groups excluding carboxylic acids is 2. The third kappa shape index (κ3) is 3.51. The Balaban J connectivity index is 1.73. The highest BCUT2D eigenvalue weighted by molar-refractivity contribution is 9.10. The van der Waals surface area contributed by atoms with Crippen molar-refractivity contribution in [3.63, 3.8) is 0 Å². The molecule has 0 radical (unpaired) electrons. The summed E-state index contributed by atoms with van der Waals surface area (Å²) in [6, 6.07) is 13.4. The van der Waals surface area contributed by atoms with Gasteiger partial charge in [0.05, 0.1) is 5.92 Å². The van der Waals surface area contributed by atoms with E-state index in [1.807, 2.05) is 56.3 Å². The SMILES string of the molecule is Cc1ccc(C)c(N2CC(C(=O)Nc3ccc(Br)cc3)CC2=O)c1. The van der Waals surface area contributed by atoms with Crippen molar-refractivity contribution in [2.45, 2.75) is 20.3 Å². The van der Waals surface area contributed by atoms with E-state index in [1.165, 1.54) is 0 Å². The van der Waals surface area contributed by atoms with E-state index in [9.17, 15) is 9.59 Å². The molecule has 124 valence electrons. The van der Waals surface area contributed by atoms with Gasteiger partial charge in [-0.15, -0.1) is 0 Å². The van der Waals surface area contributed by atoms with Gasteiger partial charge in [-0.2, -0.15) is 0 Å². The average molecular weight is 387 g/mol. The van der Waals surface area contributed by atoms with Crippen LogP contribution in [0.3, 0.4) is 0 Å². The van der Waals surface area contributed by atoms with Crippen LogP contribution in [0.5, 0.6) is 0 Å². The lowest BCUT2D eigenvalue weighted by atomic mass is 10.1. The number of rotatable bonds is 3. The molecule has 1 heterocycles. The summed E-state index contributed by atoms with van der Waals surface area (Å²) in [5.41, 5.74) is 3.79. The van der Waals surface area contributed by atoms with Crippen molar-refractivity contribution in [1.82, 2.24) is 0 Å². The van der Waals surface area contributed by atoms with E-state index in [2.05, 4.69) is 21.2 Å². The molecule has 24 heavy (non-hydrogen) atoms. The van der Waals surface area contributed by atoms with Gasteiger partial charge in [-0.1, -0.05) is 28.1 Å². The third-order valence-corrected chi connectivity index (χ3v) is 4.79. The standard InChI is InChI=1S/C19H19BrN2O2/c1-12-3-4-13(2)17(9-12)22-11-14(10-18(22)23)19(24)21-16-7-5-15(20)6-8-16/h3-9,14H,10-11H2,1-2H3,(H,21,24). The van der Waals surface area contributed by atoms with E-state index in [-0.39, 0.29) is 24.2 Å². The van der Waals surface area contributed by atoms with E-state index >= 15 is 0 Å². The highest BCUT2D eigenvalue weighted by Gasteiger charge is 2.35. The van der Waals surface area contributed by atoms with Crippen LogP contribution in [0.2, 0.25) is 0 Å². The quantitative estimate of drug-likeness (QED) is 0.864. The molecule has 2 aromatic carbocycles. The lowest BCUT2D eigenvalue weighted by Crippen LogP contribution is -2.28. The van der Waals surface area contributed by atoms with Gasteiger partial charge < -0.3 is 10.2 Å². The zero-order chi connectivity index (χ0) is 17.3. The van der Waals surface area contributed by atoms with Gasteiger partial charge in [0.15, 0.2) is 0 Å². The molecule has 1 aliphatic rings. The maximum atomic E-state index is 12.5. The van der Waals surface area contributed by atoms with Crippen LogP contribution in [0.25, 0.3) is 0 Å². The molecule has 5 heteroatoms. The van der Waals surface area contributed by atoms with Gasteiger partial charge in [0, 0.05) is 28.8 Å². The number of benzene rings is 2. The summed E-state index contributed by atoms with van der Waals surface area (Å²) in [5.74, 6) is -0.445. The molecule has 0 saturated carbocycles. The number of nitrogens with one attached hydrogen (secondary N) is 1. The molecule has 1 aliphatic heterocycles. The Morgan fingerprint density at radius 3 is 2.58 bits per heavy atom. The van der Waals surface area contributed by atoms with Crippen LogP contribution in [0.15, 0.2) is 46.9 Å². The second-order valence-electron chi connectivity index (χ2n) is 6.19. The minimum Gasteiger partial charge on any atom is -0.326 e. The molecule has 0 spiro atoms. The van der Waals surface area contributed by atoms with Gasteiger partial charge in [-0.05, 0) is 55.3 Å². The summed E-state index contributed by atoms with van der Waals surface area (Å²) in [4.78, 5) is 26.6. The van der Waals surface area contributed by atoms with Gasteiger partial charge in [-0.3, -0.25) is 9.59 Å². The number of nitrogens with zero attached hydrogens (tertiary/aromatic N) is 1. The van der Waals surface area contributed by atoms with E-state index in [1.54, 1.807) is 4.90 Å². The fourth-order valence-electron chi connectivity index (χ4n) is 2.90. The van der Waals surface area contributed by atoms with Gasteiger partial charge in [0.25, 0.3) is 0 Å². The van der Waals surface area contributed by atoms with Gasteiger partial charge in [0.1, 0.15) is 0 Å². The maximum Gasteiger partial charge on any atom is 0.229 e. The number of amides is 2. The normalized spacial score (nSPS) is 17.2. The molecular weight excluding hydrogens is 368 g/mol. The zero-order valence-corrected chi connectivity index (χ0v) is 15.3. The van der Waals surface area contributed by atoms with Crippen molar-refractivity contribution in [3.05, 3.63) is 58.1 Å². The summed E-state index contributed by atoms with van der Waals surface area (Å²) >= 11 is 3.37. The summed E-state index contributed by atoms with van der Waals surface area (Å²) in [6.45, 7) is 4.41. The third-order valence-electron chi connectivity index (χ3n) is 4.26. The largest absolute Gasteiger partial charge is 0.326 e. The number of anilines is 2. The lowest BCUT2D eigenvalue weighted by Gasteiger charge is -2.19. The van der Waals surface area contributed by atoms with Crippen LogP contribution < -0.4 is 10.2 Å². The van der Waals surface area contributed by atoms with Crippen LogP contribution in [-0.2, 0) is 9.59 Å². The highest BCUT2D eigenvalue weighted by Crippen LogP contribution is 2.29. The summed E-state index contributed by atoms with van der Waals surface area (Å²) in [7, 11) is 0. The molecule has 1 fully saturated rings. The molecule has 1 saturated heterocycles. The van der Waals surface area contributed by atoms with Crippen LogP contribution in [0.4, 0.5) is 11.4 Å². The molecule has 2 amide bonds. The Bertz CT molecular complexity index is 786. The van der Waals surface area contributed by atoms with E-state index < -0.39 is 0 Å². The van der Waals surface area contributed by atoms with E-state index in [0.29, 0.717) is 6.54 Å². The smallest absolute Gasteiger partial charge is 0.229 e. The molecule has 4 nitrogen and oxygen atoms in total. The number of carbonyl (C=O) groups is 2. The molecule has 2 aromatic rings. The predicted octanol–water partition coefficient (Wildman–Crippen LogP) is 4.06. The summed E-state index contributed by atoms with van der Waals surface area (Å²) in [6.07, 6.45) is 0.246. The highest BCUT2D eigenvalue weighted by atomic mass is 79.9. The first-order valence-electron chi connectivity index (χ1n) is 7.88. The van der Waals surface area contributed by atoms with Crippen molar-refractivity contribution in [2.75, 3.05) is 16.8 Å². The van der Waals surface area contributed by atoms with E-state index in [0.717, 1.165) is 27.0 Å². The Hall–Kier alpha value is -2.14. The van der Waals surface area contributed by atoms with Gasteiger partial charge in [-0.25, -0.2) is 0 Å². The Morgan fingerprint density at radius 1 is 1.17 bits per heavy atom. The number of hydrogen-bond donors (Lipinski definition) is 1. The fourth-order valence-corrected chi connectivity index (χ4v) is 3.17. The first kappa shape index (κ1) is 16.7. The Labute approximate surface area is 150 Å². The minimum absolute atomic E-state index is 0.000318. The van der Waals surface area contributed by atoms with Gasteiger partial charge in [0.2, 0.25) is 11.8 Å². The van der Waals surface area contributed by atoms with Crippen LogP contribution in [0.1, 0.15) is 17.5 Å². The summed E-state index contributed by atoms with van der Waals surface area (Å²) in [5, 5.41) is 2.89. The topological polar surface area (TPSA) is 49.4 Å². The second-order valence-corrected chi connectivity index (χ2v) is 7.11. The van der Waals surface area contributed by atoms with Crippen molar-refractivity contribution in [2.24, 2.45) is 5.92 Å². The number of aryl methyl sites for hydroxylation is 2. The minimum atomic E-state index is -0.332. The second kappa shape index (κ2) is 6.77. The molecule has 3 rings (SSSR count). The molecule has 0 bridgehead atoms. The van der Waals surface area contributed by atoms with Gasteiger partial charge >= 0.3 is 0 Å². The lowest BCUT2D eigenvalue weighted by molar-refractivity contribution is -0.122. The zero-order valence-electron chi connectivity index (χ0n) is 13.7. The van der Waals surface area contributed by atoms with Crippen molar-refractivity contribution < 1.29 is 9.59 Å². The first-order chi connectivity index (χ1) is 11.4. The van der Waals surface area contributed by atoms with Crippen LogP contribution >= 0.6 is 15.9 Å². The fraction of sp³-hybridized carbons (Fsp3) is 0.263. The Morgan fingerprint density at radius 2 is 1.88 bits per heavy atom. The monoisotopic (exact) mass is 386 g/mol. The predicted molar refractivity (Wildman–Crippen MR) is 99.1 cm³/mol. The first-order valence-corrected chi connectivity index (χ1v) is 8.67. The molecule has 0 aliphatic carbocycles. The molecule has 1 unspecified atom stereocenters. The van der Waals surface area contributed by atoms with Crippen molar-refractivity contribution in [1.29, 1.82) is 0 Å². The van der Waals surface area contributed by atoms with Crippen LogP contribution in [0, 0.1) is 19.8 Å². The molecule has 1 atom stereocenters. The molecule has 0 aromatic heterocycles.